The molecule has 1 aromatic carbocycles. The Balaban J connectivity index is 2.06. The summed E-state index contributed by atoms with van der Waals surface area (Å²) in [6.45, 7) is 4.46. The Kier molecular flexibility index (Phi) is 4.35. The lowest BCUT2D eigenvalue weighted by atomic mass is 10.0. The molecule has 2 atom stereocenters. The molecule has 0 bridgehead atoms. The van der Waals surface area contributed by atoms with Gasteiger partial charge in [-0.2, -0.15) is 0 Å². The van der Waals surface area contributed by atoms with Crippen molar-refractivity contribution in [3.8, 4) is 0 Å². The molecule has 1 aromatic heterocycles. The molecular weight excluding hydrogens is 226 g/mol. The molecule has 1 N–H and O–H groups in total. The van der Waals surface area contributed by atoms with Crippen LogP contribution in [-0.4, -0.2) is 0 Å². The standard InChI is InChI=1S/C15H19NS/c1-3-14(13-8-5-4-6-9-13)16-12(2)15-10-7-11-17-15/h4-12,14,16H,3H2,1-2H3/t12-,14?/m1/s1. The van der Waals surface area contributed by atoms with Gasteiger partial charge < -0.3 is 5.32 Å². The summed E-state index contributed by atoms with van der Waals surface area (Å²) in [5.74, 6) is 0. The average Bonchev–Trinajstić information content (AvgIpc) is 2.90. The van der Waals surface area contributed by atoms with Crippen molar-refractivity contribution in [3.63, 3.8) is 0 Å². The molecular formula is C15H19NS. The summed E-state index contributed by atoms with van der Waals surface area (Å²) in [7, 11) is 0. The van der Waals surface area contributed by atoms with E-state index >= 15 is 0 Å². The second kappa shape index (κ2) is 5.99. The van der Waals surface area contributed by atoms with Crippen molar-refractivity contribution in [2.45, 2.75) is 32.4 Å². The molecule has 0 saturated carbocycles. The van der Waals surface area contributed by atoms with Crippen molar-refractivity contribution in [2.24, 2.45) is 0 Å². The van der Waals surface area contributed by atoms with Crippen LogP contribution in [-0.2, 0) is 0 Å². The molecule has 0 aliphatic carbocycles. The Morgan fingerprint density at radius 2 is 1.88 bits per heavy atom. The first-order valence-electron chi connectivity index (χ1n) is 6.15. The number of benzene rings is 1. The Hall–Kier alpha value is -1.12. The van der Waals surface area contributed by atoms with Crippen LogP contribution in [0, 0.1) is 0 Å². The van der Waals surface area contributed by atoms with E-state index in [1.165, 1.54) is 10.4 Å². The fourth-order valence-electron chi connectivity index (χ4n) is 2.06. The summed E-state index contributed by atoms with van der Waals surface area (Å²) >= 11 is 1.82. The van der Waals surface area contributed by atoms with Crippen molar-refractivity contribution >= 4 is 11.3 Å². The summed E-state index contributed by atoms with van der Waals surface area (Å²) in [4.78, 5) is 1.40. The van der Waals surface area contributed by atoms with Gasteiger partial charge in [-0.3, -0.25) is 0 Å². The van der Waals surface area contributed by atoms with E-state index in [1.54, 1.807) is 0 Å². The van der Waals surface area contributed by atoms with Gasteiger partial charge in [0.2, 0.25) is 0 Å². The van der Waals surface area contributed by atoms with E-state index < -0.39 is 0 Å². The Labute approximate surface area is 108 Å². The maximum absolute atomic E-state index is 3.70. The Morgan fingerprint density at radius 3 is 2.47 bits per heavy atom. The molecule has 1 nitrogen and oxygen atoms in total. The SMILES string of the molecule is CCC(N[C@H](C)c1cccs1)c1ccccc1. The lowest BCUT2D eigenvalue weighted by Gasteiger charge is -2.22. The second-order valence-corrected chi connectivity index (χ2v) is 5.25. The number of thiophene rings is 1. The molecule has 90 valence electrons. The van der Waals surface area contributed by atoms with Gasteiger partial charge in [0.1, 0.15) is 0 Å². The quantitative estimate of drug-likeness (QED) is 0.815. The van der Waals surface area contributed by atoms with Gasteiger partial charge in [0, 0.05) is 17.0 Å². The van der Waals surface area contributed by atoms with E-state index in [1.807, 2.05) is 11.3 Å². The molecule has 0 aliphatic heterocycles. The first-order chi connectivity index (χ1) is 8.31. The topological polar surface area (TPSA) is 12.0 Å². The van der Waals surface area contributed by atoms with Crippen LogP contribution in [0.4, 0.5) is 0 Å². The molecule has 2 heteroatoms. The van der Waals surface area contributed by atoms with Gasteiger partial charge in [0.15, 0.2) is 0 Å². The molecule has 0 amide bonds. The highest BCUT2D eigenvalue weighted by Gasteiger charge is 2.13. The fourth-order valence-corrected chi connectivity index (χ4v) is 2.80. The molecule has 17 heavy (non-hydrogen) atoms. The number of rotatable bonds is 5. The summed E-state index contributed by atoms with van der Waals surface area (Å²) in [5.41, 5.74) is 1.37. The molecule has 1 heterocycles. The minimum Gasteiger partial charge on any atom is -0.303 e. The largest absolute Gasteiger partial charge is 0.303 e. The van der Waals surface area contributed by atoms with E-state index in [2.05, 4.69) is 67.0 Å². The zero-order valence-corrected chi connectivity index (χ0v) is 11.2. The number of nitrogens with one attached hydrogen (secondary N) is 1. The van der Waals surface area contributed by atoms with Gasteiger partial charge >= 0.3 is 0 Å². The van der Waals surface area contributed by atoms with E-state index in [4.69, 9.17) is 0 Å². The van der Waals surface area contributed by atoms with Crippen LogP contribution in [0.1, 0.15) is 42.8 Å². The molecule has 0 saturated heterocycles. The van der Waals surface area contributed by atoms with Gasteiger partial charge in [-0.25, -0.2) is 0 Å². The van der Waals surface area contributed by atoms with Crippen molar-refractivity contribution in [1.82, 2.24) is 5.32 Å². The van der Waals surface area contributed by atoms with Crippen molar-refractivity contribution < 1.29 is 0 Å². The molecule has 0 radical (unpaired) electrons. The van der Waals surface area contributed by atoms with Crippen LogP contribution in [0.25, 0.3) is 0 Å². The monoisotopic (exact) mass is 245 g/mol. The van der Waals surface area contributed by atoms with E-state index in [0.29, 0.717) is 12.1 Å². The van der Waals surface area contributed by atoms with Crippen LogP contribution in [0.5, 0.6) is 0 Å². The molecule has 1 unspecified atom stereocenters. The normalized spacial score (nSPS) is 14.5. The van der Waals surface area contributed by atoms with Crippen molar-refractivity contribution in [1.29, 1.82) is 0 Å². The van der Waals surface area contributed by atoms with Crippen molar-refractivity contribution in [2.75, 3.05) is 0 Å². The average molecular weight is 245 g/mol. The molecule has 2 rings (SSSR count). The van der Waals surface area contributed by atoms with Crippen LogP contribution >= 0.6 is 11.3 Å². The summed E-state index contributed by atoms with van der Waals surface area (Å²) in [5, 5.41) is 5.83. The van der Waals surface area contributed by atoms with Gasteiger partial charge in [-0.15, -0.1) is 11.3 Å². The lowest BCUT2D eigenvalue weighted by Crippen LogP contribution is -2.23. The van der Waals surface area contributed by atoms with E-state index in [9.17, 15) is 0 Å². The van der Waals surface area contributed by atoms with E-state index in [-0.39, 0.29) is 0 Å². The number of hydrogen-bond acceptors (Lipinski definition) is 2. The zero-order chi connectivity index (χ0) is 12.1. The maximum Gasteiger partial charge on any atom is 0.0391 e. The summed E-state index contributed by atoms with van der Waals surface area (Å²) < 4.78 is 0. The third-order valence-corrected chi connectivity index (χ3v) is 4.09. The molecule has 2 aromatic rings. The van der Waals surface area contributed by atoms with Gasteiger partial charge in [0.25, 0.3) is 0 Å². The molecule has 0 spiro atoms. The van der Waals surface area contributed by atoms with Crippen LogP contribution in [0.15, 0.2) is 47.8 Å². The van der Waals surface area contributed by atoms with Gasteiger partial charge in [0.05, 0.1) is 0 Å². The summed E-state index contributed by atoms with van der Waals surface area (Å²) in [6.07, 6.45) is 1.11. The fraction of sp³-hybridized carbons (Fsp3) is 0.333. The minimum absolute atomic E-state index is 0.417. The zero-order valence-electron chi connectivity index (χ0n) is 10.4. The Morgan fingerprint density at radius 1 is 1.12 bits per heavy atom. The predicted octanol–water partition coefficient (Wildman–Crippen LogP) is 4.55. The molecule has 0 aliphatic rings. The smallest absolute Gasteiger partial charge is 0.0391 e. The lowest BCUT2D eigenvalue weighted by molar-refractivity contribution is 0.460. The van der Waals surface area contributed by atoms with Crippen LogP contribution in [0.2, 0.25) is 0 Å². The first kappa shape index (κ1) is 12.3. The number of hydrogen-bond donors (Lipinski definition) is 1. The second-order valence-electron chi connectivity index (χ2n) is 4.28. The third kappa shape index (κ3) is 3.18. The highest BCUT2D eigenvalue weighted by Crippen LogP contribution is 2.24. The predicted molar refractivity (Wildman–Crippen MR) is 75.3 cm³/mol. The summed E-state index contributed by atoms with van der Waals surface area (Å²) in [6, 6.07) is 15.8. The highest BCUT2D eigenvalue weighted by molar-refractivity contribution is 7.10. The first-order valence-corrected chi connectivity index (χ1v) is 7.03. The van der Waals surface area contributed by atoms with E-state index in [0.717, 1.165) is 6.42 Å². The third-order valence-electron chi connectivity index (χ3n) is 3.03. The Bertz CT molecular complexity index is 421. The maximum atomic E-state index is 3.70. The van der Waals surface area contributed by atoms with Gasteiger partial charge in [-0.1, -0.05) is 43.3 Å². The van der Waals surface area contributed by atoms with Gasteiger partial charge in [-0.05, 0) is 30.4 Å². The molecule has 0 fully saturated rings. The van der Waals surface area contributed by atoms with Crippen LogP contribution < -0.4 is 5.32 Å². The minimum atomic E-state index is 0.417. The van der Waals surface area contributed by atoms with Crippen LogP contribution in [0.3, 0.4) is 0 Å². The van der Waals surface area contributed by atoms with Crippen molar-refractivity contribution in [3.05, 3.63) is 58.3 Å². The highest BCUT2D eigenvalue weighted by atomic mass is 32.1.